The molecule has 1 saturated heterocycles. The van der Waals surface area contributed by atoms with Crippen molar-refractivity contribution in [2.75, 3.05) is 32.4 Å². The number of urea groups is 1. The number of carbonyl (C=O) groups excluding carboxylic acids is 1. The zero-order chi connectivity index (χ0) is 26.3. The van der Waals surface area contributed by atoms with Crippen LogP contribution in [0.5, 0.6) is 0 Å². The minimum Gasteiger partial charge on any atom is -0.382 e. The summed E-state index contributed by atoms with van der Waals surface area (Å²) in [6.07, 6.45) is 12.4. The second-order valence-electron chi connectivity index (χ2n) is 9.56. The fourth-order valence-corrected chi connectivity index (χ4v) is 6.26. The molecule has 2 aliphatic heterocycles. The quantitative estimate of drug-likeness (QED) is 0.529. The Bertz CT molecular complexity index is 1410. The lowest BCUT2D eigenvalue weighted by atomic mass is 9.89. The van der Waals surface area contributed by atoms with Gasteiger partial charge in [0.25, 0.3) is 0 Å². The predicted octanol–water partition coefficient (Wildman–Crippen LogP) is 1.91. The van der Waals surface area contributed by atoms with E-state index in [1.54, 1.807) is 17.4 Å². The molecule has 1 fully saturated rings. The average Bonchev–Trinajstić information content (AvgIpc) is 3.22. The molecule has 5 rings (SSSR count). The van der Waals surface area contributed by atoms with E-state index in [1.165, 1.54) is 0 Å². The van der Waals surface area contributed by atoms with Crippen LogP contribution in [0.25, 0.3) is 5.57 Å². The van der Waals surface area contributed by atoms with Crippen LogP contribution in [-0.4, -0.2) is 72.3 Å². The third-order valence-corrected chi connectivity index (χ3v) is 8.01. The van der Waals surface area contributed by atoms with Gasteiger partial charge in [-0.25, -0.2) is 22.9 Å². The van der Waals surface area contributed by atoms with E-state index in [1.807, 2.05) is 54.2 Å². The smallest absolute Gasteiger partial charge is 0.314 e. The Kier molecular flexibility index (Phi) is 6.88. The van der Waals surface area contributed by atoms with E-state index in [-0.39, 0.29) is 12.1 Å². The molecule has 10 nitrogen and oxygen atoms in total. The molecule has 2 amide bonds. The SMILES string of the molecule is Cn1cncc1C(NS(C)(=O)=O)C1=CC2=CC=CNC2[C@@H](N2CCN(C(N)=O)CC2)c2ccc(Cl)cc21. The highest BCUT2D eigenvalue weighted by Gasteiger charge is 2.39. The molecule has 0 spiro atoms. The number of rotatable bonds is 5. The molecule has 2 aromatic rings. The number of imidazole rings is 1. The average molecular weight is 544 g/mol. The monoisotopic (exact) mass is 543 g/mol. The highest BCUT2D eigenvalue weighted by atomic mass is 35.5. The number of allylic oxidation sites excluding steroid dienone is 2. The predicted molar refractivity (Wildman–Crippen MR) is 143 cm³/mol. The first-order chi connectivity index (χ1) is 17.6. The van der Waals surface area contributed by atoms with Crippen LogP contribution in [0.15, 0.2) is 60.7 Å². The molecule has 0 bridgehead atoms. The highest BCUT2D eigenvalue weighted by Crippen LogP contribution is 2.44. The Hall–Kier alpha value is -3.12. The lowest BCUT2D eigenvalue weighted by Crippen LogP contribution is -2.54. The van der Waals surface area contributed by atoms with Gasteiger partial charge < -0.3 is 20.5 Å². The van der Waals surface area contributed by atoms with Gasteiger partial charge in [-0.05, 0) is 46.7 Å². The Morgan fingerprint density at radius 1 is 1.27 bits per heavy atom. The summed E-state index contributed by atoms with van der Waals surface area (Å²) >= 11 is 6.53. The number of carbonyl (C=O) groups is 1. The highest BCUT2D eigenvalue weighted by molar-refractivity contribution is 7.88. The number of sulfonamides is 1. The number of piperazine rings is 1. The number of fused-ring (bicyclic) bond motifs is 2. The van der Waals surface area contributed by atoms with Crippen molar-refractivity contribution in [3.8, 4) is 0 Å². The number of aromatic nitrogens is 2. The number of nitrogens with one attached hydrogen (secondary N) is 2. The normalized spacial score (nSPS) is 22.7. The van der Waals surface area contributed by atoms with Crippen molar-refractivity contribution in [2.24, 2.45) is 12.8 Å². The number of dihydropyridines is 1. The first-order valence-electron chi connectivity index (χ1n) is 12.0. The van der Waals surface area contributed by atoms with Crippen LogP contribution in [0.1, 0.15) is 28.9 Å². The van der Waals surface area contributed by atoms with Gasteiger partial charge in [0, 0.05) is 38.2 Å². The maximum Gasteiger partial charge on any atom is 0.314 e. The summed E-state index contributed by atoms with van der Waals surface area (Å²) < 4.78 is 29.7. The van der Waals surface area contributed by atoms with Crippen LogP contribution in [-0.2, 0) is 17.1 Å². The second kappa shape index (κ2) is 9.97. The van der Waals surface area contributed by atoms with Crippen LogP contribution in [0.4, 0.5) is 4.79 Å². The third kappa shape index (κ3) is 5.17. The number of hydrogen-bond acceptors (Lipinski definition) is 6. The molecule has 37 heavy (non-hydrogen) atoms. The third-order valence-electron chi connectivity index (χ3n) is 7.11. The van der Waals surface area contributed by atoms with Crippen LogP contribution in [0.2, 0.25) is 5.02 Å². The Balaban J connectivity index is 1.68. The molecule has 3 heterocycles. The summed E-state index contributed by atoms with van der Waals surface area (Å²) in [6.45, 7) is 2.35. The molecule has 4 N–H and O–H groups in total. The van der Waals surface area contributed by atoms with Gasteiger partial charge in [-0.1, -0.05) is 29.8 Å². The number of primary amides is 1. The molecule has 196 valence electrons. The molecule has 0 radical (unpaired) electrons. The molecular weight excluding hydrogens is 514 g/mol. The van der Waals surface area contributed by atoms with Gasteiger partial charge in [0.1, 0.15) is 0 Å². The van der Waals surface area contributed by atoms with Gasteiger partial charge in [-0.3, -0.25) is 4.90 Å². The lowest BCUT2D eigenvalue weighted by Gasteiger charge is -2.43. The van der Waals surface area contributed by atoms with Crippen molar-refractivity contribution in [3.63, 3.8) is 0 Å². The molecule has 3 atom stereocenters. The van der Waals surface area contributed by atoms with E-state index in [0.717, 1.165) is 28.5 Å². The van der Waals surface area contributed by atoms with Crippen LogP contribution in [0.3, 0.4) is 0 Å². The van der Waals surface area contributed by atoms with Gasteiger partial charge in [0.15, 0.2) is 0 Å². The molecule has 2 unspecified atom stereocenters. The summed E-state index contributed by atoms with van der Waals surface area (Å²) in [5.74, 6) is 0. The van der Waals surface area contributed by atoms with Gasteiger partial charge in [-0.15, -0.1) is 0 Å². The largest absolute Gasteiger partial charge is 0.382 e. The zero-order valence-electron chi connectivity index (χ0n) is 20.6. The van der Waals surface area contributed by atoms with Crippen molar-refractivity contribution in [1.29, 1.82) is 0 Å². The number of aryl methyl sites for hydroxylation is 1. The molecule has 3 aliphatic rings. The van der Waals surface area contributed by atoms with Crippen LogP contribution < -0.4 is 15.8 Å². The number of nitrogens with two attached hydrogens (primary N) is 1. The maximum absolute atomic E-state index is 12.6. The summed E-state index contributed by atoms with van der Waals surface area (Å²) in [4.78, 5) is 20.0. The van der Waals surface area contributed by atoms with E-state index in [0.29, 0.717) is 36.9 Å². The van der Waals surface area contributed by atoms with Gasteiger partial charge in [-0.2, -0.15) is 0 Å². The van der Waals surface area contributed by atoms with E-state index >= 15 is 0 Å². The fraction of sp³-hybridized carbons (Fsp3) is 0.360. The van der Waals surface area contributed by atoms with Crippen LogP contribution >= 0.6 is 11.6 Å². The summed E-state index contributed by atoms with van der Waals surface area (Å²) in [5.41, 5.74) is 9.89. The number of nitrogens with zero attached hydrogens (tertiary/aromatic N) is 4. The van der Waals surface area contributed by atoms with Crippen molar-refractivity contribution >= 4 is 33.2 Å². The van der Waals surface area contributed by atoms with E-state index < -0.39 is 22.1 Å². The first kappa shape index (κ1) is 25.5. The Morgan fingerprint density at radius 2 is 2.03 bits per heavy atom. The Morgan fingerprint density at radius 3 is 2.68 bits per heavy atom. The number of amides is 2. The van der Waals surface area contributed by atoms with E-state index in [9.17, 15) is 13.2 Å². The maximum atomic E-state index is 12.6. The lowest BCUT2D eigenvalue weighted by molar-refractivity contribution is 0.101. The van der Waals surface area contributed by atoms with Crippen molar-refractivity contribution in [1.82, 2.24) is 29.4 Å². The zero-order valence-corrected chi connectivity index (χ0v) is 22.2. The van der Waals surface area contributed by atoms with Gasteiger partial charge >= 0.3 is 6.03 Å². The molecule has 1 aromatic heterocycles. The van der Waals surface area contributed by atoms with Crippen molar-refractivity contribution in [3.05, 3.63) is 82.6 Å². The molecule has 1 aromatic carbocycles. The van der Waals surface area contributed by atoms with Gasteiger partial charge in [0.2, 0.25) is 10.0 Å². The Labute approximate surface area is 221 Å². The number of benzene rings is 1. The van der Waals surface area contributed by atoms with Crippen molar-refractivity contribution < 1.29 is 13.2 Å². The van der Waals surface area contributed by atoms with E-state index in [4.69, 9.17) is 17.3 Å². The summed E-state index contributed by atoms with van der Waals surface area (Å²) in [5, 5.41) is 4.07. The minimum atomic E-state index is -3.59. The molecule has 12 heteroatoms. The van der Waals surface area contributed by atoms with E-state index in [2.05, 4.69) is 19.9 Å². The summed E-state index contributed by atoms with van der Waals surface area (Å²) in [6, 6.07) is 4.46. The molecular formula is C25H30ClN7O3S. The standard InChI is InChI=1S/C25H30ClN7O3S/c1-31-15-28-14-21(31)23(30-37(2,35)36)20-12-16-4-3-7-29-22(16)24(18-6-5-17(26)13-19(18)20)32-8-10-33(11-9-32)25(27)34/h3-7,12-15,22-24,29-30H,8-11H2,1-2H3,(H2,27,34)/t22?,23?,24-/m0/s1. The summed E-state index contributed by atoms with van der Waals surface area (Å²) in [7, 11) is -1.75. The molecule has 1 aliphatic carbocycles. The topological polar surface area (TPSA) is 126 Å². The fourth-order valence-electron chi connectivity index (χ4n) is 5.41. The van der Waals surface area contributed by atoms with Gasteiger partial charge in [0.05, 0.1) is 42.6 Å². The second-order valence-corrected chi connectivity index (χ2v) is 11.8. The number of halogens is 1. The molecule has 0 saturated carbocycles. The number of hydrogen-bond donors (Lipinski definition) is 3. The van der Waals surface area contributed by atoms with Crippen molar-refractivity contribution in [2.45, 2.75) is 18.1 Å². The first-order valence-corrected chi connectivity index (χ1v) is 14.3. The van der Waals surface area contributed by atoms with Crippen LogP contribution in [0, 0.1) is 0 Å². The minimum absolute atomic E-state index is 0.0994.